The Morgan fingerprint density at radius 2 is 1.65 bits per heavy atom. The van der Waals surface area contributed by atoms with E-state index in [0.29, 0.717) is 16.7 Å². The van der Waals surface area contributed by atoms with Crippen molar-refractivity contribution in [1.82, 2.24) is 0 Å². The molecule has 2 aromatic rings. The molecule has 0 spiro atoms. The fourth-order valence-electron chi connectivity index (χ4n) is 4.41. The molecule has 6 atom stereocenters. The standard InChI is InChI=1S/C22H22O9/c1-8-6-11-14(21-19(28)18(27)20(29)22(31-21)30-9(2)23)10-4-3-5-12(24)15(10)17(26)16(11)13(25)7-8/h3-7,14,18-22,24-25,27-29H,1-2H3/t14-,18?,19?,20?,21?,22?/m1/s1. The van der Waals surface area contributed by atoms with Crippen molar-refractivity contribution in [2.75, 3.05) is 0 Å². The van der Waals surface area contributed by atoms with Crippen molar-refractivity contribution < 1.29 is 44.6 Å². The van der Waals surface area contributed by atoms with Crippen LogP contribution in [0.15, 0.2) is 30.3 Å². The molecule has 0 radical (unpaired) electrons. The zero-order chi connectivity index (χ0) is 22.6. The maximum absolute atomic E-state index is 13.1. The summed E-state index contributed by atoms with van der Waals surface area (Å²) in [5.41, 5.74) is 1.11. The van der Waals surface area contributed by atoms with Gasteiger partial charge in [0, 0.05) is 12.8 Å². The van der Waals surface area contributed by atoms with Gasteiger partial charge < -0.3 is 35.0 Å². The zero-order valence-corrected chi connectivity index (χ0v) is 16.7. The predicted octanol–water partition coefficient (Wildman–Crippen LogP) is 0.453. The maximum Gasteiger partial charge on any atom is 0.305 e. The number of hydrogen-bond acceptors (Lipinski definition) is 9. The Bertz CT molecular complexity index is 1060. The van der Waals surface area contributed by atoms with Crippen LogP contribution in [0.4, 0.5) is 0 Å². The van der Waals surface area contributed by atoms with Crippen LogP contribution < -0.4 is 0 Å². The second-order valence-electron chi connectivity index (χ2n) is 7.85. The van der Waals surface area contributed by atoms with Gasteiger partial charge in [0.25, 0.3) is 0 Å². The summed E-state index contributed by atoms with van der Waals surface area (Å²) in [6.45, 7) is 2.81. The van der Waals surface area contributed by atoms with Gasteiger partial charge in [-0.05, 0) is 35.7 Å². The number of aliphatic hydroxyl groups excluding tert-OH is 3. The molecule has 2 aromatic carbocycles. The number of esters is 1. The smallest absolute Gasteiger partial charge is 0.305 e. The minimum absolute atomic E-state index is 0.0648. The minimum atomic E-state index is -1.72. The minimum Gasteiger partial charge on any atom is -0.507 e. The van der Waals surface area contributed by atoms with Crippen molar-refractivity contribution >= 4 is 11.8 Å². The molecule has 31 heavy (non-hydrogen) atoms. The number of rotatable bonds is 2. The molecule has 1 heterocycles. The highest BCUT2D eigenvalue weighted by molar-refractivity contribution is 6.16. The number of benzene rings is 2. The van der Waals surface area contributed by atoms with Crippen LogP contribution in [0.3, 0.4) is 0 Å². The molecule has 0 saturated carbocycles. The average Bonchev–Trinajstić information content (AvgIpc) is 2.68. The van der Waals surface area contributed by atoms with Gasteiger partial charge in [-0.25, -0.2) is 0 Å². The lowest BCUT2D eigenvalue weighted by Crippen LogP contribution is -2.60. The van der Waals surface area contributed by atoms with Gasteiger partial charge in [-0.3, -0.25) is 9.59 Å². The highest BCUT2D eigenvalue weighted by Gasteiger charge is 2.51. The van der Waals surface area contributed by atoms with Crippen molar-refractivity contribution in [3.63, 3.8) is 0 Å². The van der Waals surface area contributed by atoms with E-state index in [1.165, 1.54) is 18.2 Å². The Hall–Kier alpha value is -2.98. The summed E-state index contributed by atoms with van der Waals surface area (Å²) in [5, 5.41) is 52.2. The molecule has 1 aliphatic heterocycles. The van der Waals surface area contributed by atoms with Crippen LogP contribution >= 0.6 is 0 Å². The third-order valence-corrected chi connectivity index (χ3v) is 5.71. The normalized spacial score (nSPS) is 29.8. The van der Waals surface area contributed by atoms with Crippen LogP contribution in [0, 0.1) is 6.92 Å². The molecule has 9 heteroatoms. The lowest BCUT2D eigenvalue weighted by molar-refractivity contribution is -0.289. The molecule has 1 saturated heterocycles. The first-order valence-electron chi connectivity index (χ1n) is 9.68. The van der Waals surface area contributed by atoms with Gasteiger partial charge in [0.1, 0.15) is 35.9 Å². The van der Waals surface area contributed by atoms with Gasteiger partial charge in [0.15, 0.2) is 0 Å². The van der Waals surface area contributed by atoms with Crippen molar-refractivity contribution in [3.8, 4) is 11.5 Å². The summed E-state index contributed by atoms with van der Waals surface area (Å²) >= 11 is 0. The number of carbonyl (C=O) groups excluding carboxylic acids is 2. The highest BCUT2D eigenvalue weighted by Crippen LogP contribution is 2.47. The number of phenolic OH excluding ortho intramolecular Hbond substituents is 2. The maximum atomic E-state index is 13.1. The summed E-state index contributed by atoms with van der Waals surface area (Å²) in [5.74, 6) is -2.92. The van der Waals surface area contributed by atoms with Crippen LogP contribution in [0.2, 0.25) is 0 Å². The first-order chi connectivity index (χ1) is 14.6. The fourth-order valence-corrected chi connectivity index (χ4v) is 4.41. The monoisotopic (exact) mass is 430 g/mol. The molecular weight excluding hydrogens is 408 g/mol. The quantitative estimate of drug-likeness (QED) is 0.427. The lowest BCUT2D eigenvalue weighted by Gasteiger charge is -2.44. The Balaban J connectivity index is 1.92. The van der Waals surface area contributed by atoms with E-state index in [2.05, 4.69) is 0 Å². The van der Waals surface area contributed by atoms with E-state index in [1.54, 1.807) is 19.1 Å². The second-order valence-corrected chi connectivity index (χ2v) is 7.85. The Labute approximate surface area is 177 Å². The van der Waals surface area contributed by atoms with E-state index in [0.717, 1.165) is 6.92 Å². The lowest BCUT2D eigenvalue weighted by atomic mass is 9.71. The van der Waals surface area contributed by atoms with Crippen LogP contribution in [-0.2, 0) is 14.3 Å². The number of fused-ring (bicyclic) bond motifs is 2. The van der Waals surface area contributed by atoms with Crippen molar-refractivity contribution in [2.45, 2.75) is 50.5 Å². The average molecular weight is 430 g/mol. The third-order valence-electron chi connectivity index (χ3n) is 5.71. The van der Waals surface area contributed by atoms with Crippen LogP contribution in [0.25, 0.3) is 0 Å². The number of aliphatic hydroxyl groups is 3. The van der Waals surface area contributed by atoms with Crippen molar-refractivity contribution in [2.24, 2.45) is 0 Å². The van der Waals surface area contributed by atoms with Crippen LogP contribution in [-0.4, -0.2) is 68.0 Å². The van der Waals surface area contributed by atoms with Gasteiger partial charge in [-0.15, -0.1) is 0 Å². The summed E-state index contributed by atoms with van der Waals surface area (Å²) in [6.07, 6.45) is -7.90. The first kappa shape index (κ1) is 21.3. The van der Waals surface area contributed by atoms with E-state index in [-0.39, 0.29) is 22.6 Å². The predicted molar refractivity (Wildman–Crippen MR) is 105 cm³/mol. The van der Waals surface area contributed by atoms with E-state index < -0.39 is 48.4 Å². The Kier molecular flexibility index (Phi) is 5.22. The van der Waals surface area contributed by atoms with Crippen molar-refractivity contribution in [3.05, 3.63) is 58.1 Å². The molecule has 0 amide bonds. The third kappa shape index (κ3) is 3.35. The molecule has 0 aromatic heterocycles. The number of ketones is 1. The van der Waals surface area contributed by atoms with E-state index in [4.69, 9.17) is 9.47 Å². The van der Waals surface area contributed by atoms with E-state index in [1.807, 2.05) is 0 Å². The van der Waals surface area contributed by atoms with Crippen LogP contribution in [0.1, 0.15) is 45.5 Å². The molecule has 5 unspecified atom stereocenters. The Morgan fingerprint density at radius 3 is 2.32 bits per heavy atom. The van der Waals surface area contributed by atoms with Gasteiger partial charge in [-0.2, -0.15) is 0 Å². The molecule has 1 fully saturated rings. The van der Waals surface area contributed by atoms with E-state index in [9.17, 15) is 35.1 Å². The molecular formula is C22H22O9. The van der Waals surface area contributed by atoms with Crippen molar-refractivity contribution in [1.29, 1.82) is 0 Å². The molecule has 5 N–H and O–H groups in total. The van der Waals surface area contributed by atoms with E-state index >= 15 is 0 Å². The Morgan fingerprint density at radius 1 is 0.968 bits per heavy atom. The summed E-state index contributed by atoms with van der Waals surface area (Å²) in [6, 6.07) is 7.44. The molecule has 0 bridgehead atoms. The number of ether oxygens (including phenoxy) is 2. The number of hydrogen-bond donors (Lipinski definition) is 5. The van der Waals surface area contributed by atoms with Crippen LogP contribution in [0.5, 0.6) is 11.5 Å². The summed E-state index contributed by atoms with van der Waals surface area (Å²) < 4.78 is 10.7. The van der Waals surface area contributed by atoms with Gasteiger partial charge in [0.2, 0.25) is 12.1 Å². The molecule has 9 nitrogen and oxygen atoms in total. The molecule has 164 valence electrons. The SMILES string of the molecule is CC(=O)OC1OC([C@@H]2c3cccc(O)c3C(=O)c3c(O)cc(C)cc32)C(O)C(O)C1O. The number of carbonyl (C=O) groups is 2. The second kappa shape index (κ2) is 7.61. The summed E-state index contributed by atoms with van der Waals surface area (Å²) in [4.78, 5) is 24.5. The van der Waals surface area contributed by atoms with Gasteiger partial charge in [-0.1, -0.05) is 18.2 Å². The fraction of sp³-hybridized carbons (Fsp3) is 0.364. The number of aromatic hydroxyl groups is 2. The largest absolute Gasteiger partial charge is 0.507 e. The van der Waals surface area contributed by atoms with Gasteiger partial charge >= 0.3 is 5.97 Å². The zero-order valence-electron chi connectivity index (χ0n) is 16.7. The topological polar surface area (TPSA) is 154 Å². The number of phenols is 2. The van der Waals surface area contributed by atoms with Gasteiger partial charge in [0.05, 0.1) is 11.1 Å². The molecule has 4 rings (SSSR count). The summed E-state index contributed by atoms with van der Waals surface area (Å²) in [7, 11) is 0. The highest BCUT2D eigenvalue weighted by atomic mass is 16.7. The first-order valence-corrected chi connectivity index (χ1v) is 9.68. The number of aryl methyl sites for hydroxylation is 1. The molecule has 2 aliphatic rings. The molecule has 1 aliphatic carbocycles.